The molecule has 2 aliphatic heterocycles. The number of hydrogen-bond donors (Lipinski definition) is 1. The third-order valence-electron chi connectivity index (χ3n) is 6.06. The van der Waals surface area contributed by atoms with Gasteiger partial charge in [-0.2, -0.15) is 0 Å². The Morgan fingerprint density at radius 3 is 2.55 bits per heavy atom. The summed E-state index contributed by atoms with van der Waals surface area (Å²) in [6.07, 6.45) is 0.530. The number of nitrogens with zero attached hydrogens (tertiary/aromatic N) is 2. The molecule has 2 aromatic rings. The van der Waals surface area contributed by atoms with Gasteiger partial charge in [-0.3, -0.25) is 9.69 Å². The van der Waals surface area contributed by atoms with Crippen molar-refractivity contribution in [3.8, 4) is 0 Å². The van der Waals surface area contributed by atoms with Gasteiger partial charge in [-0.05, 0) is 42.3 Å². The number of fused-ring (bicyclic) bond motifs is 1. The van der Waals surface area contributed by atoms with E-state index in [9.17, 15) is 18.0 Å². The van der Waals surface area contributed by atoms with Gasteiger partial charge in [-0.25, -0.2) is 18.1 Å². The average molecular weight is 416 g/mol. The number of amides is 3. The third kappa shape index (κ3) is 3.51. The lowest BCUT2D eigenvalue weighted by Crippen LogP contribution is -2.47. The van der Waals surface area contributed by atoms with Crippen LogP contribution >= 0.6 is 0 Å². The number of sulfone groups is 1. The van der Waals surface area contributed by atoms with Crippen LogP contribution in [0.15, 0.2) is 42.5 Å². The maximum absolute atomic E-state index is 13.3. The average Bonchev–Trinajstić information content (AvgIpc) is 3.16. The van der Waals surface area contributed by atoms with E-state index in [4.69, 9.17) is 0 Å². The van der Waals surface area contributed by atoms with Gasteiger partial charge in [0.2, 0.25) is 0 Å². The summed E-state index contributed by atoms with van der Waals surface area (Å²) in [5.74, 6) is -0.0905. The molecule has 154 valence electrons. The normalized spacial score (nSPS) is 26.4. The fourth-order valence-corrected chi connectivity index (χ4v) is 6.00. The largest absolute Gasteiger partial charge is 0.326 e. The molecule has 2 fully saturated rings. The highest BCUT2D eigenvalue weighted by atomic mass is 32.2. The van der Waals surface area contributed by atoms with Crippen LogP contribution in [0.4, 0.5) is 4.79 Å². The van der Waals surface area contributed by atoms with E-state index in [-0.39, 0.29) is 30.1 Å². The number of urea groups is 1. The fraction of sp³-hybridized carbons (Fsp3) is 0.429. The Morgan fingerprint density at radius 1 is 1.17 bits per heavy atom. The Morgan fingerprint density at radius 2 is 1.90 bits per heavy atom. The summed E-state index contributed by atoms with van der Waals surface area (Å²) in [4.78, 5) is 29.0. The predicted octanol–water partition coefficient (Wildman–Crippen LogP) is 2.07. The van der Waals surface area contributed by atoms with Gasteiger partial charge in [0.25, 0.3) is 5.91 Å². The number of carbonyl (C=O) groups excluding carboxylic acids is 2. The van der Waals surface area contributed by atoms with Crippen molar-refractivity contribution in [1.82, 2.24) is 15.1 Å². The van der Waals surface area contributed by atoms with Crippen LogP contribution in [-0.4, -0.2) is 60.9 Å². The highest BCUT2D eigenvalue weighted by Gasteiger charge is 2.50. The van der Waals surface area contributed by atoms with Gasteiger partial charge in [-0.1, -0.05) is 43.3 Å². The van der Waals surface area contributed by atoms with Crippen LogP contribution in [0, 0.1) is 0 Å². The molecule has 29 heavy (non-hydrogen) atoms. The number of carbonyl (C=O) groups is 2. The van der Waals surface area contributed by atoms with Gasteiger partial charge in [0.1, 0.15) is 5.54 Å². The van der Waals surface area contributed by atoms with Crippen molar-refractivity contribution < 1.29 is 18.0 Å². The Balaban J connectivity index is 1.58. The van der Waals surface area contributed by atoms with Gasteiger partial charge in [0.05, 0.1) is 18.2 Å². The van der Waals surface area contributed by atoms with Gasteiger partial charge >= 0.3 is 6.03 Å². The molecule has 3 amide bonds. The first-order chi connectivity index (χ1) is 13.7. The molecule has 0 bridgehead atoms. The molecule has 8 heteroatoms. The number of nitrogens with one attached hydrogen (secondary N) is 1. The highest BCUT2D eigenvalue weighted by molar-refractivity contribution is 7.91. The lowest BCUT2D eigenvalue weighted by atomic mass is 9.90. The number of imide groups is 1. The Labute approximate surface area is 170 Å². The minimum absolute atomic E-state index is 0.0758. The molecule has 0 spiro atoms. The van der Waals surface area contributed by atoms with Gasteiger partial charge in [-0.15, -0.1) is 0 Å². The lowest BCUT2D eigenvalue weighted by molar-refractivity contribution is -0.132. The molecular weight excluding hydrogens is 390 g/mol. The predicted molar refractivity (Wildman–Crippen MR) is 111 cm³/mol. The molecule has 2 heterocycles. The van der Waals surface area contributed by atoms with E-state index in [0.29, 0.717) is 13.0 Å². The van der Waals surface area contributed by atoms with E-state index in [1.54, 1.807) is 6.92 Å². The minimum Gasteiger partial charge on any atom is -0.319 e. The summed E-state index contributed by atoms with van der Waals surface area (Å²) < 4.78 is 23.7. The van der Waals surface area contributed by atoms with Crippen LogP contribution in [0.3, 0.4) is 0 Å². The van der Waals surface area contributed by atoms with Gasteiger partial charge < -0.3 is 5.32 Å². The van der Waals surface area contributed by atoms with Crippen molar-refractivity contribution in [2.75, 3.05) is 24.7 Å². The summed E-state index contributed by atoms with van der Waals surface area (Å²) in [5, 5.41) is 4.90. The zero-order valence-electron chi connectivity index (χ0n) is 16.6. The molecule has 1 N–H and O–H groups in total. The molecule has 0 saturated carbocycles. The molecule has 2 aliphatic rings. The van der Waals surface area contributed by atoms with Crippen LogP contribution in [-0.2, 0) is 20.2 Å². The molecule has 2 atom stereocenters. The number of benzene rings is 2. The minimum atomic E-state index is -3.04. The quantitative estimate of drug-likeness (QED) is 0.756. The SMILES string of the molecule is CCN(CN1C(=O)N[C@@](C)(c2ccc3ccccc3c2)C1=O)[C@@H]1CCS(=O)(=O)C1. The van der Waals surface area contributed by atoms with E-state index in [1.807, 2.05) is 54.3 Å². The zero-order valence-corrected chi connectivity index (χ0v) is 17.4. The Hall–Kier alpha value is -2.45. The van der Waals surface area contributed by atoms with Crippen LogP contribution < -0.4 is 5.32 Å². The molecule has 2 saturated heterocycles. The van der Waals surface area contributed by atoms with Gasteiger partial charge in [0.15, 0.2) is 9.84 Å². The maximum Gasteiger partial charge on any atom is 0.326 e. The first kappa shape index (κ1) is 19.8. The van der Waals surface area contributed by atoms with Crippen LogP contribution in [0.2, 0.25) is 0 Å². The monoisotopic (exact) mass is 415 g/mol. The molecule has 0 unspecified atom stereocenters. The molecule has 7 nitrogen and oxygen atoms in total. The molecule has 0 aliphatic carbocycles. The lowest BCUT2D eigenvalue weighted by Gasteiger charge is -2.30. The van der Waals surface area contributed by atoms with Crippen LogP contribution in [0.1, 0.15) is 25.8 Å². The van der Waals surface area contributed by atoms with Crippen molar-refractivity contribution in [1.29, 1.82) is 0 Å². The second-order valence-corrected chi connectivity index (χ2v) is 10.2. The second kappa shape index (κ2) is 7.11. The van der Waals surface area contributed by atoms with E-state index < -0.39 is 21.4 Å². The van der Waals surface area contributed by atoms with E-state index in [2.05, 4.69) is 5.32 Å². The van der Waals surface area contributed by atoms with Crippen molar-refractivity contribution >= 4 is 32.5 Å². The molecule has 0 aromatic heterocycles. The second-order valence-electron chi connectivity index (χ2n) is 7.95. The van der Waals surface area contributed by atoms with Gasteiger partial charge in [0, 0.05) is 6.04 Å². The number of hydrogen-bond acceptors (Lipinski definition) is 5. The van der Waals surface area contributed by atoms with E-state index in [1.165, 1.54) is 4.90 Å². The smallest absolute Gasteiger partial charge is 0.319 e. The number of rotatable bonds is 5. The van der Waals surface area contributed by atoms with Crippen molar-refractivity contribution in [2.45, 2.75) is 31.8 Å². The standard InChI is InChI=1S/C21H25N3O4S/c1-3-23(18-10-11-29(27,28)13-18)14-24-19(25)21(2,22-20(24)26)17-9-8-15-6-4-5-7-16(15)12-17/h4-9,12,18H,3,10-11,13-14H2,1-2H3,(H,22,26)/t18-,21+/m1/s1. The summed E-state index contributed by atoms with van der Waals surface area (Å²) in [5.41, 5.74) is -0.425. The van der Waals surface area contributed by atoms with Crippen molar-refractivity contribution in [2.24, 2.45) is 0 Å². The topological polar surface area (TPSA) is 86.8 Å². The highest BCUT2D eigenvalue weighted by Crippen LogP contribution is 2.31. The first-order valence-corrected chi connectivity index (χ1v) is 11.6. The van der Waals surface area contributed by atoms with Crippen LogP contribution in [0.25, 0.3) is 10.8 Å². The first-order valence-electron chi connectivity index (χ1n) is 9.81. The fourth-order valence-electron chi connectivity index (χ4n) is 4.24. The van der Waals surface area contributed by atoms with Crippen molar-refractivity contribution in [3.05, 3.63) is 48.0 Å². The van der Waals surface area contributed by atoms with E-state index in [0.717, 1.165) is 16.3 Å². The molecule has 4 rings (SSSR count). The summed E-state index contributed by atoms with van der Waals surface area (Å²) in [7, 11) is -3.04. The maximum atomic E-state index is 13.3. The zero-order chi connectivity index (χ0) is 20.8. The Kier molecular flexibility index (Phi) is 4.86. The summed E-state index contributed by atoms with van der Waals surface area (Å²) in [6, 6.07) is 13.0. The van der Waals surface area contributed by atoms with E-state index >= 15 is 0 Å². The molecule has 2 aromatic carbocycles. The summed E-state index contributed by atoms with van der Waals surface area (Å²) in [6.45, 7) is 4.27. The summed E-state index contributed by atoms with van der Waals surface area (Å²) >= 11 is 0. The Bertz CT molecular complexity index is 1080. The molecular formula is C21H25N3O4S. The molecule has 0 radical (unpaired) electrons. The van der Waals surface area contributed by atoms with Crippen LogP contribution in [0.5, 0.6) is 0 Å². The third-order valence-corrected chi connectivity index (χ3v) is 7.81. The van der Waals surface area contributed by atoms with Crippen molar-refractivity contribution in [3.63, 3.8) is 0 Å².